The van der Waals surface area contributed by atoms with Crippen LogP contribution in [0.4, 0.5) is 0 Å². The Morgan fingerprint density at radius 3 is 2.83 bits per heavy atom. The molecule has 0 aliphatic rings. The second-order valence-corrected chi connectivity index (χ2v) is 5.11. The summed E-state index contributed by atoms with van der Waals surface area (Å²) in [5.41, 5.74) is 6.41. The van der Waals surface area contributed by atoms with Crippen molar-refractivity contribution in [1.29, 1.82) is 0 Å². The number of carbonyl (C=O) groups is 1. The van der Waals surface area contributed by atoms with Gasteiger partial charge in [-0.2, -0.15) is 0 Å². The molecular formula is C12H18N2O3S. The van der Waals surface area contributed by atoms with Crippen molar-refractivity contribution in [1.82, 2.24) is 4.98 Å². The van der Waals surface area contributed by atoms with E-state index in [9.17, 15) is 9.90 Å². The normalized spacial score (nSPS) is 12.2. The van der Waals surface area contributed by atoms with Gasteiger partial charge in [0.2, 0.25) is 0 Å². The van der Waals surface area contributed by atoms with Gasteiger partial charge in [0.05, 0.1) is 24.5 Å². The van der Waals surface area contributed by atoms with Gasteiger partial charge in [0, 0.05) is 23.1 Å². The number of ether oxygens (including phenoxy) is 1. The lowest BCUT2D eigenvalue weighted by Gasteiger charge is -2.13. The molecule has 0 aliphatic carbocycles. The molecule has 18 heavy (non-hydrogen) atoms. The van der Waals surface area contributed by atoms with Crippen molar-refractivity contribution < 1.29 is 20.4 Å². The SMILES string of the molecule is COc1c(C)cnc(CSC[C@H]([NH3+])C(=O)[O-])c1C. The van der Waals surface area contributed by atoms with E-state index < -0.39 is 12.0 Å². The number of pyridine rings is 1. The summed E-state index contributed by atoms with van der Waals surface area (Å²) in [6.07, 6.45) is 1.77. The molecule has 0 aromatic carbocycles. The summed E-state index contributed by atoms with van der Waals surface area (Å²) < 4.78 is 5.32. The maximum absolute atomic E-state index is 10.5. The Labute approximate surface area is 111 Å². The molecule has 1 rings (SSSR count). The van der Waals surface area contributed by atoms with E-state index in [1.54, 1.807) is 13.3 Å². The summed E-state index contributed by atoms with van der Waals surface area (Å²) >= 11 is 1.48. The third-order valence-corrected chi connectivity index (χ3v) is 3.76. The van der Waals surface area contributed by atoms with Gasteiger partial charge in [-0.1, -0.05) is 0 Å². The molecule has 1 aromatic rings. The number of aryl methyl sites for hydroxylation is 1. The van der Waals surface area contributed by atoms with E-state index in [2.05, 4.69) is 10.7 Å². The van der Waals surface area contributed by atoms with E-state index >= 15 is 0 Å². The van der Waals surface area contributed by atoms with Gasteiger partial charge in [0.25, 0.3) is 0 Å². The molecule has 100 valence electrons. The Hall–Kier alpha value is -1.27. The van der Waals surface area contributed by atoms with Gasteiger partial charge < -0.3 is 20.4 Å². The standard InChI is InChI=1S/C12H18N2O3S/c1-7-4-14-10(8(2)11(7)17-3)6-18-5-9(13)12(15)16/h4,9H,5-6,13H2,1-3H3,(H,15,16)/t9-/m0/s1. The minimum atomic E-state index is -1.12. The largest absolute Gasteiger partial charge is 0.544 e. The molecule has 0 fully saturated rings. The van der Waals surface area contributed by atoms with Gasteiger partial charge in [0.1, 0.15) is 11.8 Å². The third-order valence-electron chi connectivity index (χ3n) is 2.64. The lowest BCUT2D eigenvalue weighted by molar-refractivity contribution is -0.431. The topological polar surface area (TPSA) is 89.9 Å². The Bertz CT molecular complexity index is 438. The average Bonchev–Trinajstić information content (AvgIpc) is 2.32. The van der Waals surface area contributed by atoms with Gasteiger partial charge >= 0.3 is 0 Å². The molecule has 1 atom stereocenters. The number of methoxy groups -OCH3 is 1. The Morgan fingerprint density at radius 2 is 2.28 bits per heavy atom. The molecule has 6 heteroatoms. The van der Waals surface area contributed by atoms with Crippen LogP contribution < -0.4 is 15.6 Å². The number of carboxylic acids is 1. The molecule has 1 aromatic heterocycles. The van der Waals surface area contributed by atoms with Crippen LogP contribution >= 0.6 is 11.8 Å². The Morgan fingerprint density at radius 1 is 1.61 bits per heavy atom. The lowest BCUT2D eigenvalue weighted by atomic mass is 10.1. The zero-order chi connectivity index (χ0) is 13.7. The zero-order valence-electron chi connectivity index (χ0n) is 10.9. The van der Waals surface area contributed by atoms with Crippen LogP contribution in [0.25, 0.3) is 0 Å². The van der Waals surface area contributed by atoms with Crippen LogP contribution in [-0.2, 0) is 10.5 Å². The summed E-state index contributed by atoms with van der Waals surface area (Å²) in [7, 11) is 1.63. The van der Waals surface area contributed by atoms with Crippen LogP contribution in [0, 0.1) is 13.8 Å². The fourth-order valence-electron chi connectivity index (χ4n) is 1.58. The molecule has 0 spiro atoms. The fraction of sp³-hybridized carbons (Fsp3) is 0.500. The van der Waals surface area contributed by atoms with Crippen LogP contribution in [-0.4, -0.2) is 29.9 Å². The van der Waals surface area contributed by atoms with Crippen LogP contribution in [0.3, 0.4) is 0 Å². The van der Waals surface area contributed by atoms with Crippen molar-refractivity contribution in [2.75, 3.05) is 12.9 Å². The van der Waals surface area contributed by atoms with Crippen molar-refractivity contribution in [3.05, 3.63) is 23.0 Å². The zero-order valence-corrected chi connectivity index (χ0v) is 11.7. The lowest BCUT2D eigenvalue weighted by Crippen LogP contribution is -2.69. The van der Waals surface area contributed by atoms with Gasteiger partial charge in [-0.25, -0.2) is 0 Å². The number of thioether (sulfide) groups is 1. The highest BCUT2D eigenvalue weighted by Gasteiger charge is 2.11. The van der Waals surface area contributed by atoms with E-state index in [-0.39, 0.29) is 0 Å². The number of hydrogen-bond acceptors (Lipinski definition) is 5. The Balaban J connectivity index is 2.66. The van der Waals surface area contributed by atoms with E-state index in [1.807, 2.05) is 13.8 Å². The molecular weight excluding hydrogens is 252 g/mol. The molecule has 3 N–H and O–H groups in total. The maximum Gasteiger partial charge on any atom is 0.134 e. The molecule has 0 unspecified atom stereocenters. The van der Waals surface area contributed by atoms with Crippen molar-refractivity contribution in [2.45, 2.75) is 25.6 Å². The van der Waals surface area contributed by atoms with Gasteiger partial charge in [-0.05, 0) is 13.8 Å². The van der Waals surface area contributed by atoms with Crippen molar-refractivity contribution >= 4 is 17.7 Å². The minimum absolute atomic E-state index is 0.416. The van der Waals surface area contributed by atoms with Crippen molar-refractivity contribution in [2.24, 2.45) is 0 Å². The summed E-state index contributed by atoms with van der Waals surface area (Å²) in [5.74, 6) is 0.780. The highest BCUT2D eigenvalue weighted by Crippen LogP contribution is 2.26. The second-order valence-electron chi connectivity index (χ2n) is 4.08. The number of quaternary nitrogens is 1. The molecule has 0 saturated heterocycles. The number of hydrogen-bond donors (Lipinski definition) is 1. The first kappa shape index (κ1) is 14.8. The van der Waals surface area contributed by atoms with E-state index in [0.717, 1.165) is 22.6 Å². The van der Waals surface area contributed by atoms with E-state index in [4.69, 9.17) is 4.74 Å². The van der Waals surface area contributed by atoms with Crippen LogP contribution in [0.2, 0.25) is 0 Å². The molecule has 0 bridgehead atoms. The third kappa shape index (κ3) is 3.61. The fourth-order valence-corrected chi connectivity index (χ4v) is 2.61. The molecule has 0 aliphatic heterocycles. The number of aliphatic carboxylic acids is 1. The summed E-state index contributed by atoms with van der Waals surface area (Å²) in [6.45, 7) is 3.90. The number of carbonyl (C=O) groups excluding carboxylic acids is 1. The number of aromatic nitrogens is 1. The minimum Gasteiger partial charge on any atom is -0.544 e. The first-order valence-electron chi connectivity index (χ1n) is 5.58. The number of nitrogens with zero attached hydrogens (tertiary/aromatic N) is 1. The molecule has 0 radical (unpaired) electrons. The van der Waals surface area contributed by atoms with E-state index in [0.29, 0.717) is 11.5 Å². The van der Waals surface area contributed by atoms with Gasteiger partial charge in [-0.15, -0.1) is 11.8 Å². The van der Waals surface area contributed by atoms with Crippen LogP contribution in [0.1, 0.15) is 16.8 Å². The highest BCUT2D eigenvalue weighted by atomic mass is 32.2. The smallest absolute Gasteiger partial charge is 0.134 e. The predicted octanol–water partition coefficient (Wildman–Crippen LogP) is -0.699. The predicted molar refractivity (Wildman–Crippen MR) is 68.1 cm³/mol. The number of rotatable bonds is 6. The Kier molecular flexibility index (Phi) is 5.43. The molecule has 1 heterocycles. The summed E-state index contributed by atoms with van der Waals surface area (Å²) in [4.78, 5) is 14.9. The van der Waals surface area contributed by atoms with E-state index in [1.165, 1.54) is 11.8 Å². The molecule has 5 nitrogen and oxygen atoms in total. The maximum atomic E-state index is 10.5. The highest BCUT2D eigenvalue weighted by molar-refractivity contribution is 7.98. The average molecular weight is 270 g/mol. The van der Waals surface area contributed by atoms with Crippen molar-refractivity contribution in [3.8, 4) is 5.75 Å². The monoisotopic (exact) mass is 270 g/mol. The molecule has 0 amide bonds. The summed E-state index contributed by atoms with van der Waals surface area (Å²) in [6, 6.07) is -0.692. The van der Waals surface area contributed by atoms with Gasteiger partial charge in [0.15, 0.2) is 0 Å². The first-order chi connectivity index (χ1) is 8.47. The van der Waals surface area contributed by atoms with Crippen LogP contribution in [0.5, 0.6) is 5.75 Å². The second kappa shape index (κ2) is 6.61. The quantitative estimate of drug-likeness (QED) is 0.738. The van der Waals surface area contributed by atoms with Crippen LogP contribution in [0.15, 0.2) is 6.20 Å². The molecule has 0 saturated carbocycles. The number of carboxylic acid groups (broad SMARTS) is 1. The summed E-state index contributed by atoms with van der Waals surface area (Å²) in [5, 5.41) is 10.5. The van der Waals surface area contributed by atoms with Crippen molar-refractivity contribution in [3.63, 3.8) is 0 Å². The van der Waals surface area contributed by atoms with Gasteiger partial charge in [-0.3, -0.25) is 4.98 Å². The first-order valence-corrected chi connectivity index (χ1v) is 6.73.